The summed E-state index contributed by atoms with van der Waals surface area (Å²) in [5, 5.41) is 121. The molecule has 3 rings (SSSR count). The summed E-state index contributed by atoms with van der Waals surface area (Å²) >= 11 is 0. The molecule has 19 heteroatoms. The molecule has 19 nitrogen and oxygen atoms in total. The third-order valence-corrected chi connectivity index (χ3v) is 20.0. The van der Waals surface area contributed by atoms with Gasteiger partial charge in [-0.2, -0.15) is 0 Å². The lowest BCUT2D eigenvalue weighted by Crippen LogP contribution is -2.66. The van der Waals surface area contributed by atoms with Crippen LogP contribution < -0.4 is 5.32 Å². The predicted molar refractivity (Wildman–Crippen MR) is 401 cm³/mol. The molecule has 17 atom stereocenters. The Morgan fingerprint density at radius 3 is 1.07 bits per heavy atom. The van der Waals surface area contributed by atoms with E-state index in [1.54, 1.807) is 0 Å². The fraction of sp³-hybridized carbons (Fsp3) is 0.841. The third kappa shape index (κ3) is 42.4. The quantitative estimate of drug-likeness (QED) is 0.0199. The van der Waals surface area contributed by atoms with E-state index in [9.17, 15) is 61.0 Å². The molecular formula is C82H147NO18. The van der Waals surface area contributed by atoms with E-state index in [0.29, 0.717) is 12.8 Å². The fourth-order valence-electron chi connectivity index (χ4n) is 13.6. The van der Waals surface area contributed by atoms with Gasteiger partial charge in [-0.1, -0.05) is 311 Å². The van der Waals surface area contributed by atoms with Gasteiger partial charge in [0.2, 0.25) is 5.91 Å². The van der Waals surface area contributed by atoms with Gasteiger partial charge in [0.05, 0.1) is 38.6 Å². The zero-order valence-electron chi connectivity index (χ0n) is 62.9. The van der Waals surface area contributed by atoms with Crippen molar-refractivity contribution in [2.75, 3.05) is 26.4 Å². The second-order valence-electron chi connectivity index (χ2n) is 28.9. The van der Waals surface area contributed by atoms with Gasteiger partial charge in [-0.25, -0.2) is 0 Å². The van der Waals surface area contributed by atoms with Gasteiger partial charge in [0.15, 0.2) is 18.9 Å². The van der Waals surface area contributed by atoms with E-state index in [0.717, 1.165) is 96.3 Å². The summed E-state index contributed by atoms with van der Waals surface area (Å²) in [7, 11) is 0. The monoisotopic (exact) mass is 1430 g/mol. The molecular weight excluding hydrogens is 1290 g/mol. The van der Waals surface area contributed by atoms with Crippen molar-refractivity contribution in [1.29, 1.82) is 0 Å². The molecule has 0 saturated carbocycles. The maximum Gasteiger partial charge on any atom is 0.220 e. The lowest BCUT2D eigenvalue weighted by atomic mass is 9.96. The van der Waals surface area contributed by atoms with Crippen LogP contribution in [0.25, 0.3) is 0 Å². The Morgan fingerprint density at radius 2 is 0.683 bits per heavy atom. The Bertz CT molecular complexity index is 2110. The van der Waals surface area contributed by atoms with Crippen LogP contribution in [0.1, 0.15) is 309 Å². The predicted octanol–water partition coefficient (Wildman–Crippen LogP) is 13.6. The van der Waals surface area contributed by atoms with Crippen molar-refractivity contribution in [1.82, 2.24) is 5.32 Å². The standard InChI is InChI=1S/C82H147NO18/c1-3-5-7-9-11-13-15-17-19-21-23-25-27-29-31-32-34-35-37-39-41-43-45-47-49-51-53-55-57-59-66(87)65(83-70(88)60-58-56-54-52-50-48-46-44-42-40-38-36-33-30-28-26-24-22-20-18-16-14-12-10-8-6-4-2)64-96-80-76(94)73(91)78(68(62-85)98-80)101-82-77(95)74(92)79(69(63-86)99-82)100-81-75(93)72(90)71(89)67(61-84)97-81/h6,8,12,14,18,20,24,26,30,33,38,40,65-69,71-82,84-87,89-95H,3-5,7,9-11,13,15-17,19,21-23,25,27-29,31-32,34-37,39,41-64H2,1-2H3,(H,83,88)/b8-6-,14-12-,20-18-,26-24-,33-30-,40-38-. The highest BCUT2D eigenvalue weighted by Gasteiger charge is 2.54. The molecule has 0 aromatic carbocycles. The second-order valence-corrected chi connectivity index (χ2v) is 28.9. The minimum absolute atomic E-state index is 0.250. The van der Waals surface area contributed by atoms with E-state index in [-0.39, 0.29) is 18.9 Å². The Labute approximate surface area is 610 Å². The number of aliphatic hydroxyl groups is 11. The molecule has 588 valence electrons. The van der Waals surface area contributed by atoms with Gasteiger partial charge in [-0.05, 0) is 64.2 Å². The molecule has 3 aliphatic heterocycles. The van der Waals surface area contributed by atoms with Crippen LogP contribution in [0.5, 0.6) is 0 Å². The molecule has 3 aliphatic rings. The Balaban J connectivity index is 1.37. The largest absolute Gasteiger partial charge is 0.394 e. The first kappa shape index (κ1) is 92.4. The highest BCUT2D eigenvalue weighted by Crippen LogP contribution is 2.33. The summed E-state index contributed by atoms with van der Waals surface area (Å²) in [5.41, 5.74) is 0. The number of ether oxygens (including phenoxy) is 6. The van der Waals surface area contributed by atoms with Crippen molar-refractivity contribution < 1.29 is 89.4 Å². The van der Waals surface area contributed by atoms with Crippen molar-refractivity contribution >= 4 is 5.91 Å². The number of carbonyl (C=O) groups excluding carboxylic acids is 1. The van der Waals surface area contributed by atoms with Crippen molar-refractivity contribution in [3.05, 3.63) is 72.9 Å². The number of carbonyl (C=O) groups is 1. The SMILES string of the molecule is CC/C=C\C/C=C\C/C=C\C/C=C\C/C=C\C/C=C\CCCCCCCCCCC(=O)NC(COC1OC(CO)C(OC2OC(CO)C(OC3OC(CO)C(O)C(O)C3O)C(O)C2O)C(O)C1O)C(O)CCCCCCCCCCCCCCCCCCCCCCCCCCCCCCC. The molecule has 101 heavy (non-hydrogen) atoms. The van der Waals surface area contributed by atoms with Crippen LogP contribution in [0.3, 0.4) is 0 Å². The molecule has 3 fully saturated rings. The van der Waals surface area contributed by atoms with Crippen molar-refractivity contribution in [3.63, 3.8) is 0 Å². The lowest BCUT2D eigenvalue weighted by Gasteiger charge is -2.48. The van der Waals surface area contributed by atoms with Crippen LogP contribution in [0.4, 0.5) is 0 Å². The number of allylic oxidation sites excluding steroid dienone is 12. The molecule has 1 amide bonds. The first-order valence-corrected chi connectivity index (χ1v) is 40.7. The first-order chi connectivity index (χ1) is 49.3. The van der Waals surface area contributed by atoms with Crippen LogP contribution in [0.2, 0.25) is 0 Å². The van der Waals surface area contributed by atoms with Gasteiger partial charge in [-0.15, -0.1) is 0 Å². The van der Waals surface area contributed by atoms with Crippen molar-refractivity contribution in [3.8, 4) is 0 Å². The fourth-order valence-corrected chi connectivity index (χ4v) is 13.6. The van der Waals surface area contributed by atoms with Crippen LogP contribution in [-0.4, -0.2) is 193 Å². The van der Waals surface area contributed by atoms with E-state index >= 15 is 0 Å². The number of unbranched alkanes of at least 4 members (excludes halogenated alkanes) is 36. The number of amides is 1. The lowest BCUT2D eigenvalue weighted by molar-refractivity contribution is -0.379. The van der Waals surface area contributed by atoms with Gasteiger partial charge >= 0.3 is 0 Å². The van der Waals surface area contributed by atoms with Gasteiger partial charge < -0.3 is 89.9 Å². The molecule has 0 aliphatic carbocycles. The molecule has 12 N–H and O–H groups in total. The zero-order valence-corrected chi connectivity index (χ0v) is 62.9. The highest BCUT2D eigenvalue weighted by molar-refractivity contribution is 5.76. The van der Waals surface area contributed by atoms with Gasteiger partial charge in [-0.3, -0.25) is 4.79 Å². The summed E-state index contributed by atoms with van der Waals surface area (Å²) in [6.45, 7) is 1.72. The van der Waals surface area contributed by atoms with E-state index in [1.165, 1.54) is 180 Å². The van der Waals surface area contributed by atoms with E-state index in [4.69, 9.17) is 28.4 Å². The minimum Gasteiger partial charge on any atom is -0.394 e. The molecule has 3 saturated heterocycles. The molecule has 0 spiro atoms. The smallest absolute Gasteiger partial charge is 0.220 e. The number of nitrogens with one attached hydrogen (secondary N) is 1. The molecule has 0 bridgehead atoms. The van der Waals surface area contributed by atoms with Gasteiger partial charge in [0, 0.05) is 6.42 Å². The average molecular weight is 1440 g/mol. The molecule has 0 radical (unpaired) electrons. The number of rotatable bonds is 64. The summed E-state index contributed by atoms with van der Waals surface area (Å²) in [4.78, 5) is 13.5. The second kappa shape index (κ2) is 62.3. The van der Waals surface area contributed by atoms with Gasteiger partial charge in [0.1, 0.15) is 73.2 Å². The summed E-state index contributed by atoms with van der Waals surface area (Å²) < 4.78 is 34.5. The minimum atomic E-state index is -1.98. The topological polar surface area (TPSA) is 307 Å². The molecule has 0 aromatic heterocycles. The molecule has 3 heterocycles. The number of hydrogen-bond donors (Lipinski definition) is 12. The molecule has 0 aromatic rings. The Hall–Kier alpha value is -2.77. The normalized spacial score (nSPS) is 26.7. The Kier molecular flexibility index (Phi) is 57.0. The zero-order chi connectivity index (χ0) is 73.2. The maximum atomic E-state index is 13.5. The highest BCUT2D eigenvalue weighted by atomic mass is 16.8. The van der Waals surface area contributed by atoms with Crippen LogP contribution in [-0.2, 0) is 33.2 Å². The summed E-state index contributed by atoms with van der Waals surface area (Å²) in [5.74, 6) is -0.250. The average Bonchev–Trinajstić information content (AvgIpc) is 0.782. The summed E-state index contributed by atoms with van der Waals surface area (Å²) in [6, 6.07) is -0.899. The van der Waals surface area contributed by atoms with Gasteiger partial charge in [0.25, 0.3) is 0 Å². The number of aliphatic hydroxyl groups excluding tert-OH is 11. The third-order valence-electron chi connectivity index (χ3n) is 20.0. The maximum absolute atomic E-state index is 13.5. The van der Waals surface area contributed by atoms with Crippen molar-refractivity contribution in [2.45, 2.75) is 413 Å². The van der Waals surface area contributed by atoms with Crippen LogP contribution in [0, 0.1) is 0 Å². The van der Waals surface area contributed by atoms with Crippen LogP contribution in [0.15, 0.2) is 72.9 Å². The summed E-state index contributed by atoms with van der Waals surface area (Å²) in [6.07, 6.45) is 54.1. The van der Waals surface area contributed by atoms with Crippen molar-refractivity contribution in [2.24, 2.45) is 0 Å². The van der Waals surface area contributed by atoms with E-state index in [1.807, 2.05) is 0 Å². The van der Waals surface area contributed by atoms with E-state index < -0.39 is 124 Å². The molecule has 17 unspecified atom stereocenters. The first-order valence-electron chi connectivity index (χ1n) is 40.7. The number of hydrogen-bond acceptors (Lipinski definition) is 18. The van der Waals surface area contributed by atoms with E-state index in [2.05, 4.69) is 92.1 Å². The Morgan fingerprint density at radius 1 is 0.366 bits per heavy atom. The van der Waals surface area contributed by atoms with Crippen LogP contribution >= 0.6 is 0 Å².